The first-order chi connectivity index (χ1) is 9.47. The average molecular weight is 271 g/mol. The molecule has 2 rings (SSSR count). The summed E-state index contributed by atoms with van der Waals surface area (Å²) in [5.74, 6) is -0.573. The molecule has 0 atom stereocenters. The van der Waals surface area contributed by atoms with E-state index in [4.69, 9.17) is 5.11 Å². The van der Waals surface area contributed by atoms with E-state index in [9.17, 15) is 9.59 Å². The zero-order valence-electron chi connectivity index (χ0n) is 11.5. The van der Waals surface area contributed by atoms with E-state index in [1.54, 1.807) is 0 Å². The zero-order valence-corrected chi connectivity index (χ0v) is 11.5. The van der Waals surface area contributed by atoms with Crippen molar-refractivity contribution in [2.75, 3.05) is 0 Å². The second kappa shape index (κ2) is 5.74. The Morgan fingerprint density at radius 3 is 2.35 bits per heavy atom. The number of rotatable bonds is 4. The molecular weight excluding hydrogens is 254 g/mol. The van der Waals surface area contributed by atoms with Gasteiger partial charge in [-0.1, -0.05) is 38.1 Å². The highest BCUT2D eigenvalue weighted by molar-refractivity contribution is 5.87. The predicted octanol–water partition coefficient (Wildman–Crippen LogP) is 2.72. The number of nitrogens with zero attached hydrogens (tertiary/aromatic N) is 1. The molecule has 0 aliphatic rings. The van der Waals surface area contributed by atoms with Gasteiger partial charge in [-0.2, -0.15) is 0 Å². The molecule has 0 aliphatic heterocycles. The van der Waals surface area contributed by atoms with Gasteiger partial charge in [-0.3, -0.25) is 4.79 Å². The lowest BCUT2D eigenvalue weighted by molar-refractivity contribution is 0.0696. The Morgan fingerprint density at radius 1 is 1.15 bits per heavy atom. The Bertz CT molecular complexity index is 669. The molecule has 4 nitrogen and oxygen atoms in total. The molecule has 4 heteroatoms. The van der Waals surface area contributed by atoms with Crippen LogP contribution in [0.25, 0.3) is 0 Å². The summed E-state index contributed by atoms with van der Waals surface area (Å²) in [4.78, 5) is 22.7. The molecule has 0 saturated carbocycles. The standard InChI is InChI=1S/C16H17NO3/c1-11(2)13-5-3-12(4-6-13)9-17-10-14(16(19)20)7-8-15(17)18/h3-8,10-11H,9H2,1-2H3,(H,19,20). The molecule has 0 saturated heterocycles. The van der Waals surface area contributed by atoms with E-state index in [-0.39, 0.29) is 11.1 Å². The summed E-state index contributed by atoms with van der Waals surface area (Å²) >= 11 is 0. The van der Waals surface area contributed by atoms with Crippen molar-refractivity contribution in [1.82, 2.24) is 4.57 Å². The van der Waals surface area contributed by atoms with Gasteiger partial charge in [-0.05, 0) is 23.1 Å². The minimum absolute atomic E-state index is 0.114. The maximum atomic E-state index is 11.7. The topological polar surface area (TPSA) is 59.3 Å². The van der Waals surface area contributed by atoms with Crippen molar-refractivity contribution >= 4 is 5.97 Å². The predicted molar refractivity (Wildman–Crippen MR) is 77.3 cm³/mol. The number of hydrogen-bond donors (Lipinski definition) is 1. The number of carboxylic acid groups (broad SMARTS) is 1. The number of aromatic carboxylic acids is 1. The second-order valence-corrected chi connectivity index (χ2v) is 5.09. The highest BCUT2D eigenvalue weighted by atomic mass is 16.4. The molecule has 0 unspecified atom stereocenters. The minimum atomic E-state index is -1.03. The molecule has 1 N–H and O–H groups in total. The van der Waals surface area contributed by atoms with Crippen LogP contribution in [-0.4, -0.2) is 15.6 Å². The Hall–Kier alpha value is -2.36. The first kappa shape index (κ1) is 14.1. The van der Waals surface area contributed by atoms with Crippen molar-refractivity contribution in [2.24, 2.45) is 0 Å². The first-order valence-electron chi connectivity index (χ1n) is 6.50. The fourth-order valence-electron chi connectivity index (χ4n) is 1.99. The summed E-state index contributed by atoms with van der Waals surface area (Å²) in [7, 11) is 0. The van der Waals surface area contributed by atoms with Crippen LogP contribution in [0.3, 0.4) is 0 Å². The molecule has 0 bridgehead atoms. The molecule has 1 heterocycles. The quantitative estimate of drug-likeness (QED) is 0.930. The fraction of sp³-hybridized carbons (Fsp3) is 0.250. The summed E-state index contributed by atoms with van der Waals surface area (Å²) in [6.45, 7) is 4.62. The number of pyridine rings is 1. The molecule has 1 aromatic carbocycles. The maximum absolute atomic E-state index is 11.7. The van der Waals surface area contributed by atoms with Crippen LogP contribution in [0.15, 0.2) is 47.4 Å². The average Bonchev–Trinajstić information content (AvgIpc) is 2.41. The molecule has 0 amide bonds. The SMILES string of the molecule is CC(C)c1ccc(Cn2cc(C(=O)O)ccc2=O)cc1. The lowest BCUT2D eigenvalue weighted by Crippen LogP contribution is -2.20. The fourth-order valence-corrected chi connectivity index (χ4v) is 1.99. The molecule has 2 aromatic rings. The van der Waals surface area contributed by atoms with Gasteiger partial charge in [-0.15, -0.1) is 0 Å². The second-order valence-electron chi connectivity index (χ2n) is 5.09. The monoisotopic (exact) mass is 271 g/mol. The van der Waals surface area contributed by atoms with Crippen molar-refractivity contribution in [2.45, 2.75) is 26.3 Å². The van der Waals surface area contributed by atoms with Crippen molar-refractivity contribution in [3.63, 3.8) is 0 Å². The van der Waals surface area contributed by atoms with Crippen LogP contribution >= 0.6 is 0 Å². The number of hydrogen-bond acceptors (Lipinski definition) is 2. The van der Waals surface area contributed by atoms with Gasteiger partial charge in [-0.25, -0.2) is 4.79 Å². The van der Waals surface area contributed by atoms with Crippen molar-refractivity contribution in [1.29, 1.82) is 0 Å². The van der Waals surface area contributed by atoms with E-state index in [2.05, 4.69) is 13.8 Å². The highest BCUT2D eigenvalue weighted by Crippen LogP contribution is 2.15. The van der Waals surface area contributed by atoms with Crippen LogP contribution in [0.4, 0.5) is 0 Å². The van der Waals surface area contributed by atoms with Crippen LogP contribution in [0.2, 0.25) is 0 Å². The third kappa shape index (κ3) is 3.15. The summed E-state index contributed by atoms with van der Waals surface area (Å²) < 4.78 is 1.41. The summed E-state index contributed by atoms with van der Waals surface area (Å²) in [5, 5.41) is 8.95. The highest BCUT2D eigenvalue weighted by Gasteiger charge is 2.06. The van der Waals surface area contributed by atoms with Crippen molar-refractivity contribution < 1.29 is 9.90 Å². The van der Waals surface area contributed by atoms with Gasteiger partial charge >= 0.3 is 5.97 Å². The Kier molecular flexibility index (Phi) is 4.03. The zero-order chi connectivity index (χ0) is 14.7. The van der Waals surface area contributed by atoms with Crippen LogP contribution < -0.4 is 5.56 Å². The maximum Gasteiger partial charge on any atom is 0.337 e. The molecule has 0 aliphatic carbocycles. The summed E-state index contributed by atoms with van der Waals surface area (Å²) in [6.07, 6.45) is 1.38. The van der Waals surface area contributed by atoms with E-state index < -0.39 is 5.97 Å². The van der Waals surface area contributed by atoms with E-state index in [1.807, 2.05) is 24.3 Å². The number of aromatic nitrogens is 1. The van der Waals surface area contributed by atoms with Gasteiger partial charge in [0.25, 0.3) is 5.56 Å². The lowest BCUT2D eigenvalue weighted by atomic mass is 10.0. The van der Waals surface area contributed by atoms with Gasteiger partial charge in [0.05, 0.1) is 12.1 Å². The van der Waals surface area contributed by atoms with Gasteiger partial charge in [0.2, 0.25) is 0 Å². The van der Waals surface area contributed by atoms with Gasteiger partial charge in [0.15, 0.2) is 0 Å². The third-order valence-corrected chi connectivity index (χ3v) is 3.23. The number of carboxylic acids is 1. The minimum Gasteiger partial charge on any atom is -0.478 e. The van der Waals surface area contributed by atoms with Crippen molar-refractivity contribution in [3.05, 3.63) is 69.6 Å². The van der Waals surface area contributed by atoms with Crippen LogP contribution in [0.5, 0.6) is 0 Å². The van der Waals surface area contributed by atoms with Crippen LogP contribution in [0.1, 0.15) is 41.3 Å². The molecule has 0 spiro atoms. The van der Waals surface area contributed by atoms with Crippen LogP contribution in [0, 0.1) is 0 Å². The van der Waals surface area contributed by atoms with E-state index >= 15 is 0 Å². The molecule has 1 aromatic heterocycles. The lowest BCUT2D eigenvalue weighted by Gasteiger charge is -2.09. The molecule has 104 valence electrons. The summed E-state index contributed by atoms with van der Waals surface area (Å²) in [5.41, 5.74) is 2.12. The molecule has 0 radical (unpaired) electrons. The normalized spacial score (nSPS) is 10.8. The largest absolute Gasteiger partial charge is 0.478 e. The third-order valence-electron chi connectivity index (χ3n) is 3.23. The van der Waals surface area contributed by atoms with Gasteiger partial charge in [0, 0.05) is 12.3 Å². The van der Waals surface area contributed by atoms with E-state index in [1.165, 1.54) is 28.5 Å². The molecule has 0 fully saturated rings. The number of carbonyl (C=O) groups is 1. The Balaban J connectivity index is 2.27. The van der Waals surface area contributed by atoms with E-state index in [0.29, 0.717) is 12.5 Å². The van der Waals surface area contributed by atoms with Gasteiger partial charge < -0.3 is 9.67 Å². The smallest absolute Gasteiger partial charge is 0.337 e. The first-order valence-corrected chi connectivity index (χ1v) is 6.50. The molecule has 20 heavy (non-hydrogen) atoms. The van der Waals surface area contributed by atoms with E-state index in [0.717, 1.165) is 5.56 Å². The Labute approximate surface area is 117 Å². The van der Waals surface area contributed by atoms with Crippen molar-refractivity contribution in [3.8, 4) is 0 Å². The summed E-state index contributed by atoms with van der Waals surface area (Å²) in [6, 6.07) is 10.6. The van der Waals surface area contributed by atoms with Crippen LogP contribution in [-0.2, 0) is 6.54 Å². The molecular formula is C16H17NO3. The van der Waals surface area contributed by atoms with Gasteiger partial charge in [0.1, 0.15) is 0 Å². The number of benzene rings is 1. The Morgan fingerprint density at radius 2 is 1.80 bits per heavy atom.